The first-order chi connectivity index (χ1) is 8.86. The van der Waals surface area contributed by atoms with Crippen molar-refractivity contribution in [3.63, 3.8) is 0 Å². The molecule has 1 saturated heterocycles. The van der Waals surface area contributed by atoms with Crippen LogP contribution in [-0.2, 0) is 11.2 Å². The van der Waals surface area contributed by atoms with Gasteiger partial charge in [-0.05, 0) is 43.5 Å². The highest BCUT2D eigenvalue weighted by molar-refractivity contribution is 6.30. The highest BCUT2D eigenvalue weighted by Gasteiger charge is 2.41. The molecule has 19 heavy (non-hydrogen) atoms. The molecule has 2 rings (SSSR count). The molecule has 1 aromatic rings. The molecule has 1 aliphatic heterocycles. The summed E-state index contributed by atoms with van der Waals surface area (Å²) in [6.45, 7) is 4.53. The number of aliphatic hydroxyl groups is 1. The number of benzene rings is 1. The molecule has 2 unspecified atom stereocenters. The van der Waals surface area contributed by atoms with Crippen molar-refractivity contribution in [2.75, 3.05) is 6.61 Å². The second-order valence-electron chi connectivity index (χ2n) is 5.72. The highest BCUT2D eigenvalue weighted by atomic mass is 35.5. The number of hydrogen-bond acceptors (Lipinski definition) is 2. The van der Waals surface area contributed by atoms with Crippen LogP contribution in [0.4, 0.5) is 4.39 Å². The van der Waals surface area contributed by atoms with Gasteiger partial charge in [-0.1, -0.05) is 18.5 Å². The second-order valence-corrected chi connectivity index (χ2v) is 6.15. The summed E-state index contributed by atoms with van der Waals surface area (Å²) in [5.74, 6) is -0.317. The maximum Gasteiger partial charge on any atom is 0.126 e. The van der Waals surface area contributed by atoms with E-state index in [1.807, 2.05) is 13.8 Å². The zero-order valence-corrected chi connectivity index (χ0v) is 12.1. The SMILES string of the molecule is CCC1(C)CC(O)(Cc2cc(Cl)ccc2F)CCO1. The Labute approximate surface area is 118 Å². The minimum Gasteiger partial charge on any atom is -0.389 e. The van der Waals surface area contributed by atoms with Gasteiger partial charge in [0.15, 0.2) is 0 Å². The highest BCUT2D eigenvalue weighted by Crippen LogP contribution is 2.37. The van der Waals surface area contributed by atoms with Crippen LogP contribution in [0.2, 0.25) is 5.02 Å². The summed E-state index contributed by atoms with van der Waals surface area (Å²) < 4.78 is 19.5. The van der Waals surface area contributed by atoms with Gasteiger partial charge in [0.2, 0.25) is 0 Å². The molecule has 1 heterocycles. The van der Waals surface area contributed by atoms with Crippen molar-refractivity contribution in [3.05, 3.63) is 34.6 Å². The quantitative estimate of drug-likeness (QED) is 0.917. The lowest BCUT2D eigenvalue weighted by molar-refractivity contribution is -0.153. The average molecular weight is 287 g/mol. The van der Waals surface area contributed by atoms with Crippen LogP contribution in [-0.4, -0.2) is 22.9 Å². The normalized spacial score (nSPS) is 31.4. The first-order valence-corrected chi connectivity index (χ1v) is 7.04. The van der Waals surface area contributed by atoms with E-state index in [-0.39, 0.29) is 17.8 Å². The van der Waals surface area contributed by atoms with Crippen LogP contribution in [0.1, 0.15) is 38.7 Å². The molecule has 4 heteroatoms. The fourth-order valence-electron chi connectivity index (χ4n) is 2.73. The fraction of sp³-hybridized carbons (Fsp3) is 0.600. The monoisotopic (exact) mass is 286 g/mol. The van der Waals surface area contributed by atoms with E-state index in [0.29, 0.717) is 30.0 Å². The summed E-state index contributed by atoms with van der Waals surface area (Å²) in [6, 6.07) is 4.46. The van der Waals surface area contributed by atoms with Gasteiger partial charge >= 0.3 is 0 Å². The molecule has 0 aliphatic carbocycles. The Morgan fingerprint density at radius 1 is 1.47 bits per heavy atom. The number of rotatable bonds is 3. The Morgan fingerprint density at radius 3 is 2.89 bits per heavy atom. The van der Waals surface area contributed by atoms with Gasteiger partial charge in [-0.2, -0.15) is 0 Å². The summed E-state index contributed by atoms with van der Waals surface area (Å²) >= 11 is 5.89. The Bertz CT molecular complexity index is 465. The van der Waals surface area contributed by atoms with Crippen molar-refractivity contribution in [2.24, 2.45) is 0 Å². The Balaban J connectivity index is 2.19. The Kier molecular flexibility index (Phi) is 4.19. The van der Waals surface area contributed by atoms with Gasteiger partial charge in [0.05, 0.1) is 17.8 Å². The summed E-state index contributed by atoms with van der Waals surface area (Å²) in [5.41, 5.74) is -0.785. The molecule has 0 aromatic heterocycles. The van der Waals surface area contributed by atoms with E-state index in [1.54, 1.807) is 6.07 Å². The summed E-state index contributed by atoms with van der Waals surface area (Å²) in [4.78, 5) is 0. The molecule has 0 amide bonds. The van der Waals surface area contributed by atoms with Gasteiger partial charge in [-0.25, -0.2) is 4.39 Å². The third-order valence-electron chi connectivity index (χ3n) is 4.00. The molecule has 1 N–H and O–H groups in total. The van der Waals surface area contributed by atoms with Crippen LogP contribution in [0.5, 0.6) is 0 Å². The van der Waals surface area contributed by atoms with Gasteiger partial charge in [0, 0.05) is 17.9 Å². The zero-order valence-electron chi connectivity index (χ0n) is 11.4. The molecule has 2 nitrogen and oxygen atoms in total. The van der Waals surface area contributed by atoms with E-state index < -0.39 is 5.60 Å². The number of halogens is 2. The van der Waals surface area contributed by atoms with Crippen LogP contribution >= 0.6 is 11.6 Å². The van der Waals surface area contributed by atoms with Crippen molar-refractivity contribution < 1.29 is 14.2 Å². The van der Waals surface area contributed by atoms with Gasteiger partial charge in [0.25, 0.3) is 0 Å². The fourth-order valence-corrected chi connectivity index (χ4v) is 2.93. The summed E-state index contributed by atoms with van der Waals surface area (Å²) in [6.07, 6.45) is 2.14. The topological polar surface area (TPSA) is 29.5 Å². The minimum atomic E-state index is -0.922. The molecule has 0 bridgehead atoms. The van der Waals surface area contributed by atoms with Crippen molar-refractivity contribution in [2.45, 2.75) is 50.7 Å². The largest absolute Gasteiger partial charge is 0.389 e. The lowest BCUT2D eigenvalue weighted by Crippen LogP contribution is -2.48. The lowest BCUT2D eigenvalue weighted by Gasteiger charge is -2.43. The van der Waals surface area contributed by atoms with Crippen LogP contribution < -0.4 is 0 Å². The molecule has 106 valence electrons. The maximum absolute atomic E-state index is 13.8. The van der Waals surface area contributed by atoms with Crippen LogP contribution in [0, 0.1) is 5.82 Å². The molecule has 0 saturated carbocycles. The Morgan fingerprint density at radius 2 is 2.21 bits per heavy atom. The van der Waals surface area contributed by atoms with Crippen LogP contribution in [0.15, 0.2) is 18.2 Å². The molecule has 2 atom stereocenters. The van der Waals surface area contributed by atoms with E-state index in [0.717, 1.165) is 6.42 Å². The van der Waals surface area contributed by atoms with Crippen LogP contribution in [0.3, 0.4) is 0 Å². The molecule has 1 aliphatic rings. The number of ether oxygens (including phenoxy) is 1. The van der Waals surface area contributed by atoms with E-state index in [9.17, 15) is 9.50 Å². The molecular weight excluding hydrogens is 267 g/mol. The lowest BCUT2D eigenvalue weighted by atomic mass is 9.78. The van der Waals surface area contributed by atoms with E-state index >= 15 is 0 Å². The third kappa shape index (κ3) is 3.47. The molecule has 1 fully saturated rings. The predicted molar refractivity (Wildman–Crippen MR) is 73.9 cm³/mol. The van der Waals surface area contributed by atoms with Gasteiger partial charge in [0.1, 0.15) is 5.82 Å². The molecule has 1 aromatic carbocycles. The molecule has 0 spiro atoms. The van der Waals surface area contributed by atoms with Gasteiger partial charge < -0.3 is 9.84 Å². The maximum atomic E-state index is 13.8. The summed E-state index contributed by atoms with van der Waals surface area (Å²) in [7, 11) is 0. The first-order valence-electron chi connectivity index (χ1n) is 6.66. The predicted octanol–water partition coefficient (Wildman–Crippen LogP) is 3.73. The van der Waals surface area contributed by atoms with E-state index in [2.05, 4.69) is 0 Å². The smallest absolute Gasteiger partial charge is 0.126 e. The average Bonchev–Trinajstić information content (AvgIpc) is 2.33. The van der Waals surface area contributed by atoms with E-state index in [1.165, 1.54) is 12.1 Å². The van der Waals surface area contributed by atoms with Gasteiger partial charge in [-0.3, -0.25) is 0 Å². The van der Waals surface area contributed by atoms with Gasteiger partial charge in [-0.15, -0.1) is 0 Å². The summed E-state index contributed by atoms with van der Waals surface area (Å²) in [5, 5.41) is 11.2. The van der Waals surface area contributed by atoms with Crippen molar-refractivity contribution in [3.8, 4) is 0 Å². The molecule has 0 radical (unpaired) electrons. The second kappa shape index (κ2) is 5.39. The van der Waals surface area contributed by atoms with Crippen molar-refractivity contribution in [1.29, 1.82) is 0 Å². The first kappa shape index (κ1) is 14.8. The number of hydrogen-bond donors (Lipinski definition) is 1. The zero-order chi connectivity index (χ0) is 14.1. The van der Waals surface area contributed by atoms with E-state index in [4.69, 9.17) is 16.3 Å². The Hall–Kier alpha value is -0.640. The molecular formula is C15H20ClFO2. The van der Waals surface area contributed by atoms with Crippen molar-refractivity contribution in [1.82, 2.24) is 0 Å². The minimum absolute atomic E-state index is 0.276. The van der Waals surface area contributed by atoms with Crippen LogP contribution in [0.25, 0.3) is 0 Å². The van der Waals surface area contributed by atoms with Crippen molar-refractivity contribution >= 4 is 11.6 Å². The third-order valence-corrected chi connectivity index (χ3v) is 4.23. The standard InChI is InChI=1S/C15H20ClFO2/c1-3-14(2)10-15(18,6-7-19-14)9-11-8-12(16)4-5-13(11)17/h4-5,8,18H,3,6-7,9-10H2,1-2H3.